The van der Waals surface area contributed by atoms with Gasteiger partial charge in [0, 0.05) is 4.88 Å². The molecule has 0 radical (unpaired) electrons. The number of H-pyrrole nitrogens is 1. The zero-order chi connectivity index (χ0) is 14.7. The number of hydrogen-bond donors (Lipinski definition) is 2. The summed E-state index contributed by atoms with van der Waals surface area (Å²) in [6, 6.07) is 2.24. The van der Waals surface area contributed by atoms with E-state index in [1.807, 2.05) is 0 Å². The third-order valence-electron chi connectivity index (χ3n) is 3.28. The van der Waals surface area contributed by atoms with Crippen LogP contribution in [0.5, 0.6) is 0 Å². The molecule has 2 aromatic heterocycles. The van der Waals surface area contributed by atoms with Crippen LogP contribution < -0.4 is 5.32 Å². The Morgan fingerprint density at radius 3 is 3.14 bits per heavy atom. The van der Waals surface area contributed by atoms with Crippen molar-refractivity contribution in [2.45, 2.75) is 30.7 Å². The van der Waals surface area contributed by atoms with Gasteiger partial charge in [-0.2, -0.15) is 15.6 Å². The summed E-state index contributed by atoms with van der Waals surface area (Å²) < 4.78 is 0. The van der Waals surface area contributed by atoms with E-state index < -0.39 is 0 Å². The molecule has 0 fully saturated rings. The number of rotatable bonds is 4. The molecular weight excluding hydrogens is 306 g/mol. The highest BCUT2D eigenvalue weighted by Gasteiger charge is 2.21. The molecule has 8 heteroatoms. The van der Waals surface area contributed by atoms with Gasteiger partial charge >= 0.3 is 0 Å². The summed E-state index contributed by atoms with van der Waals surface area (Å²) in [4.78, 5) is 13.2. The monoisotopic (exact) mass is 319 g/mol. The van der Waals surface area contributed by atoms with Crippen LogP contribution in [0, 0.1) is 11.3 Å². The van der Waals surface area contributed by atoms with Crippen LogP contribution in [0.4, 0.5) is 5.00 Å². The van der Waals surface area contributed by atoms with E-state index in [9.17, 15) is 10.1 Å². The van der Waals surface area contributed by atoms with Gasteiger partial charge in [-0.05, 0) is 31.2 Å². The average Bonchev–Trinajstić information content (AvgIpc) is 3.12. The molecule has 0 aromatic carbocycles. The molecule has 0 bridgehead atoms. The lowest BCUT2D eigenvalue weighted by Crippen LogP contribution is -2.14. The maximum Gasteiger partial charge on any atom is 0.235 e. The molecule has 108 valence electrons. The first-order chi connectivity index (χ1) is 10.3. The number of anilines is 1. The number of carbonyl (C=O) groups is 1. The maximum absolute atomic E-state index is 12.0. The molecule has 0 spiro atoms. The quantitative estimate of drug-likeness (QED) is 0.844. The molecule has 21 heavy (non-hydrogen) atoms. The number of hydrogen-bond acceptors (Lipinski definition) is 6. The summed E-state index contributed by atoms with van der Waals surface area (Å²) in [6.07, 6.45) is 5.81. The van der Waals surface area contributed by atoms with Crippen molar-refractivity contribution in [1.29, 1.82) is 5.26 Å². The van der Waals surface area contributed by atoms with Crippen LogP contribution in [0.2, 0.25) is 0 Å². The second kappa shape index (κ2) is 6.28. The standard InChI is InChI=1S/C13H13N5OS2/c14-5-9-8-3-1-2-4-10(8)21-13(9)16-11(19)7-20-12-6-15-18-17-12/h6H,1-4,7H2,(H,16,19)(H,15,17,18). The SMILES string of the molecule is N#Cc1c(NC(=O)CSc2cn[nH]n2)sc2c1CCCC2. The molecule has 1 aliphatic carbocycles. The van der Waals surface area contributed by atoms with E-state index >= 15 is 0 Å². The lowest BCUT2D eigenvalue weighted by atomic mass is 9.96. The number of thioether (sulfide) groups is 1. The maximum atomic E-state index is 12.0. The van der Waals surface area contributed by atoms with Crippen molar-refractivity contribution in [2.75, 3.05) is 11.1 Å². The number of nitrogens with zero attached hydrogens (tertiary/aromatic N) is 3. The molecular formula is C13H13N5OS2. The highest BCUT2D eigenvalue weighted by atomic mass is 32.2. The van der Waals surface area contributed by atoms with Gasteiger partial charge in [-0.25, -0.2) is 0 Å². The molecule has 0 saturated carbocycles. The van der Waals surface area contributed by atoms with Gasteiger partial charge in [0.25, 0.3) is 0 Å². The average molecular weight is 319 g/mol. The first kappa shape index (κ1) is 14.1. The summed E-state index contributed by atoms with van der Waals surface area (Å²) in [7, 11) is 0. The van der Waals surface area contributed by atoms with Crippen molar-refractivity contribution in [3.8, 4) is 6.07 Å². The Kier molecular flexibility index (Phi) is 4.22. The first-order valence-electron chi connectivity index (χ1n) is 6.61. The van der Waals surface area contributed by atoms with E-state index in [1.54, 1.807) is 17.5 Å². The minimum atomic E-state index is -0.127. The Morgan fingerprint density at radius 2 is 2.38 bits per heavy atom. The van der Waals surface area contributed by atoms with E-state index in [-0.39, 0.29) is 11.7 Å². The number of aromatic amines is 1. The fourth-order valence-electron chi connectivity index (χ4n) is 2.34. The van der Waals surface area contributed by atoms with Crippen LogP contribution in [0.3, 0.4) is 0 Å². The van der Waals surface area contributed by atoms with Gasteiger partial charge in [-0.1, -0.05) is 11.8 Å². The van der Waals surface area contributed by atoms with Gasteiger partial charge in [0.2, 0.25) is 5.91 Å². The third-order valence-corrected chi connectivity index (χ3v) is 5.39. The van der Waals surface area contributed by atoms with E-state index in [2.05, 4.69) is 26.8 Å². The summed E-state index contributed by atoms with van der Waals surface area (Å²) in [5.74, 6) is 0.123. The molecule has 1 amide bonds. The summed E-state index contributed by atoms with van der Waals surface area (Å²) in [5.41, 5.74) is 1.78. The molecule has 0 aliphatic heterocycles. The molecule has 2 N–H and O–H groups in total. The van der Waals surface area contributed by atoms with Crippen LogP contribution in [-0.2, 0) is 17.6 Å². The molecule has 6 nitrogen and oxygen atoms in total. The Morgan fingerprint density at radius 1 is 1.52 bits per heavy atom. The summed E-state index contributed by atoms with van der Waals surface area (Å²) >= 11 is 2.85. The van der Waals surface area contributed by atoms with E-state index in [0.29, 0.717) is 15.6 Å². The topological polar surface area (TPSA) is 94.5 Å². The fraction of sp³-hybridized carbons (Fsp3) is 0.385. The number of thiophene rings is 1. The predicted molar refractivity (Wildman–Crippen MR) is 81.4 cm³/mol. The minimum absolute atomic E-state index is 0.127. The second-order valence-electron chi connectivity index (χ2n) is 4.67. The van der Waals surface area contributed by atoms with Gasteiger partial charge in [0.05, 0.1) is 17.5 Å². The van der Waals surface area contributed by atoms with Crippen molar-refractivity contribution in [2.24, 2.45) is 0 Å². The van der Waals surface area contributed by atoms with Gasteiger partial charge < -0.3 is 5.32 Å². The number of fused-ring (bicyclic) bond motifs is 1. The molecule has 3 rings (SSSR count). The molecule has 0 unspecified atom stereocenters. The van der Waals surface area contributed by atoms with Crippen molar-refractivity contribution >= 4 is 34.0 Å². The normalized spacial score (nSPS) is 13.5. The summed E-state index contributed by atoms with van der Waals surface area (Å²) in [5, 5.41) is 23.6. The van der Waals surface area contributed by atoms with Crippen molar-refractivity contribution in [3.63, 3.8) is 0 Å². The van der Waals surface area contributed by atoms with Crippen LogP contribution in [0.25, 0.3) is 0 Å². The van der Waals surface area contributed by atoms with E-state index in [4.69, 9.17) is 0 Å². The van der Waals surface area contributed by atoms with E-state index in [1.165, 1.54) is 16.6 Å². The van der Waals surface area contributed by atoms with Gasteiger partial charge in [0.1, 0.15) is 16.1 Å². The number of aromatic nitrogens is 3. The van der Waals surface area contributed by atoms with Gasteiger partial charge in [-0.15, -0.1) is 16.4 Å². The van der Waals surface area contributed by atoms with Crippen LogP contribution in [0.1, 0.15) is 28.8 Å². The molecule has 1 aliphatic rings. The lowest BCUT2D eigenvalue weighted by molar-refractivity contribution is -0.113. The first-order valence-corrected chi connectivity index (χ1v) is 8.41. The smallest absolute Gasteiger partial charge is 0.235 e. The number of nitrogens with one attached hydrogen (secondary N) is 2. The lowest BCUT2D eigenvalue weighted by Gasteiger charge is -2.09. The second-order valence-corrected chi connectivity index (χ2v) is 6.77. The summed E-state index contributed by atoms with van der Waals surface area (Å²) in [6.45, 7) is 0. The van der Waals surface area contributed by atoms with E-state index in [0.717, 1.165) is 31.2 Å². The zero-order valence-corrected chi connectivity index (χ0v) is 12.8. The predicted octanol–water partition coefficient (Wildman–Crippen LogP) is 2.35. The Bertz CT molecular complexity index is 686. The van der Waals surface area contributed by atoms with Gasteiger partial charge in [0.15, 0.2) is 0 Å². The molecule has 2 heterocycles. The van der Waals surface area contributed by atoms with Crippen LogP contribution in [0.15, 0.2) is 11.2 Å². The fourth-order valence-corrected chi connectivity index (χ4v) is 4.17. The van der Waals surface area contributed by atoms with Crippen molar-refractivity contribution < 1.29 is 4.79 Å². The third kappa shape index (κ3) is 3.09. The number of amides is 1. The zero-order valence-electron chi connectivity index (χ0n) is 11.2. The van der Waals surface area contributed by atoms with Crippen LogP contribution in [-0.4, -0.2) is 27.1 Å². The highest BCUT2D eigenvalue weighted by Crippen LogP contribution is 2.37. The highest BCUT2D eigenvalue weighted by molar-refractivity contribution is 7.99. The number of aryl methyl sites for hydroxylation is 1. The molecule has 0 atom stereocenters. The number of nitriles is 1. The van der Waals surface area contributed by atoms with Crippen molar-refractivity contribution in [3.05, 3.63) is 22.2 Å². The molecule has 2 aromatic rings. The van der Waals surface area contributed by atoms with Crippen molar-refractivity contribution in [1.82, 2.24) is 15.4 Å². The molecule has 0 saturated heterocycles. The van der Waals surface area contributed by atoms with Crippen LogP contribution >= 0.6 is 23.1 Å². The Balaban J connectivity index is 1.68. The Hall–Kier alpha value is -1.85. The Labute approximate surface area is 129 Å². The van der Waals surface area contributed by atoms with Gasteiger partial charge in [-0.3, -0.25) is 4.79 Å². The minimum Gasteiger partial charge on any atom is -0.316 e. The largest absolute Gasteiger partial charge is 0.316 e. The number of carbonyl (C=O) groups excluding carboxylic acids is 1.